The third-order valence-electron chi connectivity index (χ3n) is 5.53. The average Bonchev–Trinajstić information content (AvgIpc) is 3.15. The molecule has 0 aliphatic carbocycles. The Morgan fingerprint density at radius 1 is 1.26 bits per heavy atom. The number of hydrogen-bond donors (Lipinski definition) is 2. The van der Waals surface area contributed by atoms with Gasteiger partial charge in [-0.2, -0.15) is 0 Å². The van der Waals surface area contributed by atoms with E-state index in [1.54, 1.807) is 12.1 Å². The van der Waals surface area contributed by atoms with Crippen LogP contribution in [-0.4, -0.2) is 37.3 Å². The van der Waals surface area contributed by atoms with Crippen LogP contribution in [0.25, 0.3) is 10.9 Å². The van der Waals surface area contributed by atoms with E-state index in [0.717, 1.165) is 42.3 Å². The van der Waals surface area contributed by atoms with Crippen molar-refractivity contribution in [3.8, 4) is 5.75 Å². The van der Waals surface area contributed by atoms with Crippen molar-refractivity contribution in [1.29, 1.82) is 0 Å². The second-order valence-electron chi connectivity index (χ2n) is 7.52. The Labute approximate surface area is 185 Å². The van der Waals surface area contributed by atoms with Gasteiger partial charge in [-0.3, -0.25) is 0 Å². The van der Waals surface area contributed by atoms with Gasteiger partial charge in [0.05, 0.1) is 12.7 Å². The van der Waals surface area contributed by atoms with Crippen molar-refractivity contribution < 1.29 is 23.0 Å². The quantitative estimate of drug-likeness (QED) is 0.409. The van der Waals surface area contributed by atoms with Crippen LogP contribution in [0, 0.1) is 11.6 Å². The minimum Gasteiger partial charge on any atom is -0.489 e. The summed E-state index contributed by atoms with van der Waals surface area (Å²) in [5.74, 6) is -1.05. The van der Waals surface area contributed by atoms with Gasteiger partial charge in [-0.1, -0.05) is 0 Å². The molecule has 31 heavy (non-hydrogen) atoms. The number of halogens is 3. The standard InChI is InChI=1S/C23H24F2N2O3.ClH/c1-29-23(28)17-6-7-20(25)22-19(17)11-16(13-30-22)26-9-3-2-4-14-12-27-21-8-5-15(24)10-18(14)21;/h5-8,10,12,16,26-27H,2-4,9,11,13H2,1H3;1H/t16-;/m1./s1. The molecule has 0 saturated carbocycles. The number of carbonyl (C=O) groups excluding carboxylic acids is 1. The molecule has 2 N–H and O–H groups in total. The number of aromatic nitrogens is 1. The van der Waals surface area contributed by atoms with Crippen LogP contribution in [0.2, 0.25) is 0 Å². The number of rotatable bonds is 7. The van der Waals surface area contributed by atoms with Gasteiger partial charge < -0.3 is 19.8 Å². The Hall–Kier alpha value is -2.64. The number of aryl methyl sites for hydroxylation is 1. The Balaban J connectivity index is 0.00000272. The SMILES string of the molecule is COC(=O)c1ccc(F)c2c1C[C@@H](NCCCCc1c[nH]c3ccc(F)cc13)CO2.Cl. The molecule has 1 aliphatic rings. The van der Waals surface area contributed by atoms with Crippen LogP contribution in [-0.2, 0) is 17.6 Å². The lowest BCUT2D eigenvalue weighted by molar-refractivity contribution is 0.0597. The fraction of sp³-hybridized carbons (Fsp3) is 0.348. The fourth-order valence-corrected chi connectivity index (χ4v) is 3.98. The number of aromatic amines is 1. The molecule has 3 aromatic rings. The zero-order chi connectivity index (χ0) is 21.1. The first-order chi connectivity index (χ1) is 14.6. The third-order valence-corrected chi connectivity index (χ3v) is 5.53. The third kappa shape index (κ3) is 4.99. The van der Waals surface area contributed by atoms with Crippen LogP contribution < -0.4 is 10.1 Å². The predicted molar refractivity (Wildman–Crippen MR) is 117 cm³/mol. The maximum absolute atomic E-state index is 14.0. The van der Waals surface area contributed by atoms with Crippen LogP contribution in [0.4, 0.5) is 8.78 Å². The molecule has 0 fully saturated rings. The molecule has 0 spiro atoms. The van der Waals surface area contributed by atoms with E-state index in [4.69, 9.17) is 9.47 Å². The van der Waals surface area contributed by atoms with Crippen LogP contribution in [0.5, 0.6) is 5.75 Å². The molecule has 8 heteroatoms. The summed E-state index contributed by atoms with van der Waals surface area (Å²) in [6.45, 7) is 1.11. The minimum atomic E-state index is -0.495. The first-order valence-electron chi connectivity index (χ1n) is 10.1. The lowest BCUT2D eigenvalue weighted by Gasteiger charge is -2.27. The van der Waals surface area contributed by atoms with Crippen LogP contribution >= 0.6 is 12.4 Å². The first kappa shape index (κ1) is 23.0. The molecule has 0 radical (unpaired) electrons. The van der Waals surface area contributed by atoms with Crippen molar-refractivity contribution in [1.82, 2.24) is 10.3 Å². The molecule has 0 saturated heterocycles. The minimum absolute atomic E-state index is 0. The van der Waals surface area contributed by atoms with Crippen molar-refractivity contribution in [3.05, 3.63) is 64.9 Å². The number of esters is 1. The van der Waals surface area contributed by atoms with Gasteiger partial charge in [0, 0.05) is 28.7 Å². The molecule has 5 nitrogen and oxygen atoms in total. The molecule has 0 unspecified atom stereocenters. The summed E-state index contributed by atoms with van der Waals surface area (Å²) in [6, 6.07) is 7.43. The maximum atomic E-state index is 14.0. The van der Waals surface area contributed by atoms with Crippen LogP contribution in [0.3, 0.4) is 0 Å². The number of methoxy groups -OCH3 is 1. The molecule has 0 amide bonds. The molecule has 1 atom stereocenters. The Kier molecular flexibility index (Phi) is 7.51. The second-order valence-corrected chi connectivity index (χ2v) is 7.52. The van der Waals surface area contributed by atoms with E-state index in [1.165, 1.54) is 25.3 Å². The van der Waals surface area contributed by atoms with E-state index >= 15 is 0 Å². The number of H-pyrrole nitrogens is 1. The number of benzene rings is 2. The van der Waals surface area contributed by atoms with Crippen molar-refractivity contribution in [3.63, 3.8) is 0 Å². The Bertz CT molecular complexity index is 1070. The summed E-state index contributed by atoms with van der Waals surface area (Å²) in [5.41, 5.74) is 2.94. The number of unbranched alkanes of at least 4 members (excludes halogenated alkanes) is 1. The lowest BCUT2D eigenvalue weighted by Crippen LogP contribution is -2.40. The number of hydrogen-bond acceptors (Lipinski definition) is 4. The lowest BCUT2D eigenvalue weighted by atomic mass is 9.96. The Morgan fingerprint density at radius 2 is 2.10 bits per heavy atom. The zero-order valence-corrected chi connectivity index (χ0v) is 18.0. The van der Waals surface area contributed by atoms with Gasteiger partial charge in [-0.15, -0.1) is 12.4 Å². The monoisotopic (exact) mass is 450 g/mol. The molecule has 2 heterocycles. The summed E-state index contributed by atoms with van der Waals surface area (Å²) in [7, 11) is 1.31. The topological polar surface area (TPSA) is 63.3 Å². The summed E-state index contributed by atoms with van der Waals surface area (Å²) in [5, 5.41) is 4.35. The largest absolute Gasteiger partial charge is 0.489 e. The molecular weight excluding hydrogens is 426 g/mol. The van der Waals surface area contributed by atoms with E-state index in [0.29, 0.717) is 24.2 Å². The number of carbonyl (C=O) groups is 1. The van der Waals surface area contributed by atoms with E-state index < -0.39 is 11.8 Å². The number of fused-ring (bicyclic) bond motifs is 2. The van der Waals surface area contributed by atoms with Crippen LogP contribution in [0.15, 0.2) is 36.5 Å². The zero-order valence-electron chi connectivity index (χ0n) is 17.2. The number of ether oxygens (including phenoxy) is 2. The molecule has 2 aromatic carbocycles. The summed E-state index contributed by atoms with van der Waals surface area (Å²) >= 11 is 0. The van der Waals surface area contributed by atoms with Gasteiger partial charge in [-0.05, 0) is 68.1 Å². The van der Waals surface area contributed by atoms with Crippen molar-refractivity contribution in [2.45, 2.75) is 31.7 Å². The Morgan fingerprint density at radius 3 is 2.90 bits per heavy atom. The van der Waals surface area contributed by atoms with E-state index in [1.807, 2.05) is 6.20 Å². The van der Waals surface area contributed by atoms with Gasteiger partial charge in [0.25, 0.3) is 0 Å². The average molecular weight is 451 g/mol. The molecule has 1 aliphatic heterocycles. The highest BCUT2D eigenvalue weighted by molar-refractivity contribution is 5.92. The highest BCUT2D eigenvalue weighted by Crippen LogP contribution is 2.31. The molecule has 166 valence electrons. The van der Waals surface area contributed by atoms with Crippen molar-refractivity contribution in [2.24, 2.45) is 0 Å². The smallest absolute Gasteiger partial charge is 0.338 e. The van der Waals surface area contributed by atoms with E-state index in [2.05, 4.69) is 10.3 Å². The highest BCUT2D eigenvalue weighted by Gasteiger charge is 2.27. The number of nitrogens with one attached hydrogen (secondary N) is 2. The van der Waals surface area contributed by atoms with Gasteiger partial charge >= 0.3 is 5.97 Å². The van der Waals surface area contributed by atoms with Gasteiger partial charge in [-0.25, -0.2) is 13.6 Å². The van der Waals surface area contributed by atoms with Crippen molar-refractivity contribution in [2.75, 3.05) is 20.3 Å². The molecule has 1 aromatic heterocycles. The fourth-order valence-electron chi connectivity index (χ4n) is 3.98. The molecule has 4 rings (SSSR count). The summed E-state index contributed by atoms with van der Waals surface area (Å²) in [6.07, 6.45) is 5.17. The molecule has 0 bridgehead atoms. The normalized spacial score (nSPS) is 15.1. The summed E-state index contributed by atoms with van der Waals surface area (Å²) < 4.78 is 37.9. The van der Waals surface area contributed by atoms with Gasteiger partial charge in [0.15, 0.2) is 11.6 Å². The maximum Gasteiger partial charge on any atom is 0.338 e. The molecular formula is C23H25ClF2N2O3. The second kappa shape index (κ2) is 10.1. The van der Waals surface area contributed by atoms with E-state index in [-0.39, 0.29) is 30.0 Å². The van der Waals surface area contributed by atoms with Gasteiger partial charge in [0.2, 0.25) is 0 Å². The van der Waals surface area contributed by atoms with E-state index in [9.17, 15) is 13.6 Å². The highest BCUT2D eigenvalue weighted by atomic mass is 35.5. The van der Waals surface area contributed by atoms with Crippen LogP contribution in [0.1, 0.15) is 34.3 Å². The van der Waals surface area contributed by atoms with Crippen molar-refractivity contribution >= 4 is 29.3 Å². The summed E-state index contributed by atoms with van der Waals surface area (Å²) in [4.78, 5) is 15.2. The van der Waals surface area contributed by atoms with Gasteiger partial charge in [0.1, 0.15) is 12.4 Å². The first-order valence-corrected chi connectivity index (χ1v) is 10.1. The predicted octanol–water partition coefficient (Wildman–Crippen LogP) is 4.57.